The Kier molecular flexibility index (Phi) is 4.74. The third kappa shape index (κ3) is 3.37. The SMILES string of the molecule is C[C@@H](c1cc2ccccc2o1)N(C)C(=O)N[C@@H]1CCCCNC1=O. The summed E-state index contributed by atoms with van der Waals surface area (Å²) in [5, 5.41) is 6.66. The lowest BCUT2D eigenvalue weighted by molar-refractivity contribution is -0.122. The monoisotopic (exact) mass is 329 g/mol. The summed E-state index contributed by atoms with van der Waals surface area (Å²) in [6.45, 7) is 2.58. The fourth-order valence-electron chi connectivity index (χ4n) is 2.90. The molecule has 128 valence electrons. The summed E-state index contributed by atoms with van der Waals surface area (Å²) in [5.41, 5.74) is 0.802. The molecular formula is C18H23N3O3. The van der Waals surface area contributed by atoms with Crippen LogP contribution in [0.1, 0.15) is 38.0 Å². The van der Waals surface area contributed by atoms with Crippen LogP contribution < -0.4 is 10.6 Å². The highest BCUT2D eigenvalue weighted by Gasteiger charge is 2.26. The van der Waals surface area contributed by atoms with Crippen molar-refractivity contribution in [2.24, 2.45) is 0 Å². The van der Waals surface area contributed by atoms with Crippen molar-refractivity contribution in [2.45, 2.75) is 38.3 Å². The summed E-state index contributed by atoms with van der Waals surface area (Å²) in [7, 11) is 1.71. The molecule has 1 aliphatic heterocycles. The summed E-state index contributed by atoms with van der Waals surface area (Å²) >= 11 is 0. The summed E-state index contributed by atoms with van der Waals surface area (Å²) in [5.74, 6) is 0.616. The second kappa shape index (κ2) is 6.95. The van der Waals surface area contributed by atoms with Gasteiger partial charge in [0.05, 0.1) is 6.04 Å². The van der Waals surface area contributed by atoms with E-state index in [0.717, 1.165) is 29.6 Å². The Balaban J connectivity index is 1.68. The molecule has 0 unspecified atom stereocenters. The Morgan fingerprint density at radius 2 is 2.17 bits per heavy atom. The van der Waals surface area contributed by atoms with Gasteiger partial charge in [-0.25, -0.2) is 4.79 Å². The van der Waals surface area contributed by atoms with E-state index in [-0.39, 0.29) is 18.0 Å². The minimum absolute atomic E-state index is 0.106. The number of hydrogen-bond donors (Lipinski definition) is 2. The molecule has 0 radical (unpaired) electrons. The first-order valence-corrected chi connectivity index (χ1v) is 8.36. The largest absolute Gasteiger partial charge is 0.459 e. The van der Waals surface area contributed by atoms with Crippen LogP contribution in [-0.4, -0.2) is 36.5 Å². The molecule has 0 saturated carbocycles. The third-order valence-corrected chi connectivity index (χ3v) is 4.59. The van der Waals surface area contributed by atoms with E-state index in [2.05, 4.69) is 10.6 Å². The van der Waals surface area contributed by atoms with Gasteiger partial charge in [-0.2, -0.15) is 0 Å². The van der Waals surface area contributed by atoms with Crippen molar-refractivity contribution < 1.29 is 14.0 Å². The number of fused-ring (bicyclic) bond motifs is 1. The number of nitrogens with zero attached hydrogens (tertiary/aromatic N) is 1. The molecule has 0 aliphatic carbocycles. The van der Waals surface area contributed by atoms with E-state index < -0.39 is 6.04 Å². The van der Waals surface area contributed by atoms with Crippen molar-refractivity contribution in [1.29, 1.82) is 0 Å². The molecule has 3 amide bonds. The van der Waals surface area contributed by atoms with Crippen LogP contribution in [-0.2, 0) is 4.79 Å². The van der Waals surface area contributed by atoms with Gasteiger partial charge in [-0.05, 0) is 38.3 Å². The lowest BCUT2D eigenvalue weighted by Crippen LogP contribution is -2.49. The molecule has 2 aromatic rings. The van der Waals surface area contributed by atoms with Gasteiger partial charge in [0.15, 0.2) is 0 Å². The van der Waals surface area contributed by atoms with Gasteiger partial charge in [0.25, 0.3) is 0 Å². The van der Waals surface area contributed by atoms with Crippen molar-refractivity contribution in [3.8, 4) is 0 Å². The highest BCUT2D eigenvalue weighted by atomic mass is 16.3. The van der Waals surface area contributed by atoms with Crippen LogP contribution in [0.5, 0.6) is 0 Å². The maximum absolute atomic E-state index is 12.5. The Bertz CT molecular complexity index is 707. The standard InChI is InChI=1S/C18H23N3O3/c1-12(16-11-13-7-3-4-9-15(13)24-16)21(2)18(23)20-14-8-5-6-10-19-17(14)22/h3-4,7,9,11-12,14H,5-6,8,10H2,1-2H3,(H,19,22)(H,20,23)/t12-,14+/m0/s1. The fraction of sp³-hybridized carbons (Fsp3) is 0.444. The molecule has 1 fully saturated rings. The van der Waals surface area contributed by atoms with Crippen LogP contribution in [0.15, 0.2) is 34.7 Å². The van der Waals surface area contributed by atoms with E-state index in [1.54, 1.807) is 11.9 Å². The van der Waals surface area contributed by atoms with Gasteiger partial charge < -0.3 is 20.0 Å². The number of nitrogens with one attached hydrogen (secondary N) is 2. The van der Waals surface area contributed by atoms with Gasteiger partial charge in [0.2, 0.25) is 5.91 Å². The van der Waals surface area contributed by atoms with Gasteiger partial charge in [-0.3, -0.25) is 4.79 Å². The van der Waals surface area contributed by atoms with E-state index in [0.29, 0.717) is 13.0 Å². The molecule has 2 heterocycles. The molecule has 6 nitrogen and oxygen atoms in total. The predicted molar refractivity (Wildman–Crippen MR) is 91.6 cm³/mol. The quantitative estimate of drug-likeness (QED) is 0.909. The normalized spacial score (nSPS) is 19.4. The summed E-state index contributed by atoms with van der Waals surface area (Å²) in [6.07, 6.45) is 2.54. The minimum Gasteiger partial charge on any atom is -0.459 e. The zero-order chi connectivity index (χ0) is 17.1. The average Bonchev–Trinajstić information content (AvgIpc) is 2.92. The van der Waals surface area contributed by atoms with E-state index in [4.69, 9.17) is 4.42 Å². The van der Waals surface area contributed by atoms with Gasteiger partial charge in [0.1, 0.15) is 17.4 Å². The smallest absolute Gasteiger partial charge is 0.318 e. The molecule has 0 bridgehead atoms. The van der Waals surface area contributed by atoms with Crippen molar-refractivity contribution in [2.75, 3.05) is 13.6 Å². The Labute approximate surface area is 141 Å². The first-order chi connectivity index (χ1) is 11.6. The Morgan fingerprint density at radius 1 is 1.38 bits per heavy atom. The summed E-state index contributed by atoms with van der Waals surface area (Å²) in [6, 6.07) is 8.73. The van der Waals surface area contributed by atoms with Crippen molar-refractivity contribution in [1.82, 2.24) is 15.5 Å². The number of urea groups is 1. The van der Waals surface area contributed by atoms with Crippen LogP contribution in [0.4, 0.5) is 4.79 Å². The predicted octanol–water partition coefficient (Wildman–Crippen LogP) is 2.80. The van der Waals surface area contributed by atoms with Crippen LogP contribution in [0.2, 0.25) is 0 Å². The van der Waals surface area contributed by atoms with E-state index in [1.165, 1.54) is 0 Å². The Morgan fingerprint density at radius 3 is 2.96 bits per heavy atom. The van der Waals surface area contributed by atoms with Crippen molar-refractivity contribution >= 4 is 22.9 Å². The molecular weight excluding hydrogens is 306 g/mol. The van der Waals surface area contributed by atoms with Crippen molar-refractivity contribution in [3.05, 3.63) is 36.1 Å². The first kappa shape index (κ1) is 16.4. The number of carbonyl (C=O) groups excluding carboxylic acids is 2. The first-order valence-electron chi connectivity index (χ1n) is 8.36. The zero-order valence-electron chi connectivity index (χ0n) is 14.0. The molecule has 24 heavy (non-hydrogen) atoms. The molecule has 2 N–H and O–H groups in total. The molecule has 1 aliphatic rings. The average molecular weight is 329 g/mol. The zero-order valence-corrected chi connectivity index (χ0v) is 14.0. The molecule has 3 rings (SSSR count). The molecule has 1 saturated heterocycles. The number of para-hydroxylation sites is 1. The lowest BCUT2D eigenvalue weighted by atomic mass is 10.1. The van der Waals surface area contributed by atoms with E-state index in [1.807, 2.05) is 37.3 Å². The lowest BCUT2D eigenvalue weighted by Gasteiger charge is -2.26. The molecule has 6 heteroatoms. The maximum Gasteiger partial charge on any atom is 0.318 e. The number of carbonyl (C=O) groups is 2. The number of amides is 3. The maximum atomic E-state index is 12.5. The molecule has 1 aromatic heterocycles. The van der Waals surface area contributed by atoms with Crippen molar-refractivity contribution in [3.63, 3.8) is 0 Å². The number of furan rings is 1. The van der Waals surface area contributed by atoms with Crippen LogP contribution >= 0.6 is 0 Å². The van der Waals surface area contributed by atoms with Crippen LogP contribution in [0, 0.1) is 0 Å². The fourth-order valence-corrected chi connectivity index (χ4v) is 2.90. The second-order valence-electron chi connectivity index (χ2n) is 6.26. The van der Waals surface area contributed by atoms with E-state index in [9.17, 15) is 9.59 Å². The van der Waals surface area contributed by atoms with Gasteiger partial charge in [0, 0.05) is 19.0 Å². The van der Waals surface area contributed by atoms with Crippen LogP contribution in [0.25, 0.3) is 11.0 Å². The summed E-state index contributed by atoms with van der Waals surface area (Å²) in [4.78, 5) is 26.0. The van der Waals surface area contributed by atoms with Gasteiger partial charge in [-0.1, -0.05) is 18.2 Å². The Hall–Kier alpha value is -2.50. The third-order valence-electron chi connectivity index (χ3n) is 4.59. The topological polar surface area (TPSA) is 74.6 Å². The molecule has 0 spiro atoms. The highest BCUT2D eigenvalue weighted by Crippen LogP contribution is 2.26. The second-order valence-corrected chi connectivity index (χ2v) is 6.26. The summed E-state index contributed by atoms with van der Waals surface area (Å²) < 4.78 is 5.83. The van der Waals surface area contributed by atoms with E-state index >= 15 is 0 Å². The number of benzene rings is 1. The van der Waals surface area contributed by atoms with Crippen LogP contribution in [0.3, 0.4) is 0 Å². The molecule has 1 aromatic carbocycles. The van der Waals surface area contributed by atoms with Gasteiger partial charge >= 0.3 is 6.03 Å². The minimum atomic E-state index is -0.467. The number of rotatable bonds is 3. The van der Waals surface area contributed by atoms with Gasteiger partial charge in [-0.15, -0.1) is 0 Å². The highest BCUT2D eigenvalue weighted by molar-refractivity contribution is 5.87. The molecule has 2 atom stereocenters. The number of hydrogen-bond acceptors (Lipinski definition) is 3.